The van der Waals surface area contributed by atoms with E-state index in [-0.39, 0.29) is 5.82 Å². The number of hydrogen-bond donors (Lipinski definition) is 0. The van der Waals surface area contributed by atoms with E-state index in [0.717, 1.165) is 15.8 Å². The molecule has 0 atom stereocenters. The third-order valence-electron chi connectivity index (χ3n) is 3.83. The van der Waals surface area contributed by atoms with Crippen LogP contribution < -0.4 is 0 Å². The summed E-state index contributed by atoms with van der Waals surface area (Å²) in [6.07, 6.45) is 0. The Morgan fingerprint density at radius 3 is 2.60 bits per heavy atom. The summed E-state index contributed by atoms with van der Waals surface area (Å²) in [6.45, 7) is 0. The lowest BCUT2D eigenvalue weighted by atomic mass is 10.1. The first-order valence-corrected chi connectivity index (χ1v) is 9.87. The van der Waals surface area contributed by atoms with E-state index in [2.05, 4.69) is 47.6 Å². The molecule has 1 heterocycles. The molecule has 25 heavy (non-hydrogen) atoms. The van der Waals surface area contributed by atoms with Gasteiger partial charge in [-0.2, -0.15) is 0 Å². The Balaban J connectivity index is 1.58. The molecule has 2 nitrogen and oxygen atoms in total. The number of aromatic nitrogens is 2. The summed E-state index contributed by atoms with van der Waals surface area (Å²) >= 11 is 8.55. The second-order valence-corrected chi connectivity index (χ2v) is 8.29. The first-order valence-electron chi connectivity index (χ1n) is 7.66. The van der Waals surface area contributed by atoms with Crippen LogP contribution in [-0.2, 0) is 5.75 Å². The van der Waals surface area contributed by atoms with E-state index in [4.69, 9.17) is 12.2 Å². The molecular formula is C19H13FN2S3. The Kier molecular flexibility index (Phi) is 4.65. The van der Waals surface area contributed by atoms with Gasteiger partial charge in [0.2, 0.25) is 0 Å². The predicted octanol–water partition coefficient (Wildman–Crippen LogP) is 6.25. The van der Waals surface area contributed by atoms with E-state index < -0.39 is 0 Å². The van der Waals surface area contributed by atoms with Crippen LogP contribution in [-0.4, -0.2) is 9.78 Å². The maximum atomic E-state index is 13.1. The maximum Gasteiger partial charge on any atom is 0.184 e. The normalized spacial score (nSPS) is 11.1. The second kappa shape index (κ2) is 7.07. The van der Waals surface area contributed by atoms with Gasteiger partial charge < -0.3 is 0 Å². The van der Waals surface area contributed by atoms with E-state index in [1.165, 1.54) is 39.8 Å². The van der Waals surface area contributed by atoms with Crippen LogP contribution in [0.25, 0.3) is 16.5 Å². The molecule has 0 saturated heterocycles. The molecule has 0 N–H and O–H groups in total. The first kappa shape index (κ1) is 16.4. The lowest BCUT2D eigenvalue weighted by molar-refractivity contribution is 0.627. The maximum absolute atomic E-state index is 13.1. The summed E-state index contributed by atoms with van der Waals surface area (Å²) in [6, 6.07) is 20.9. The number of rotatable bonds is 4. The molecule has 0 radical (unpaired) electrons. The molecule has 124 valence electrons. The van der Waals surface area contributed by atoms with Crippen LogP contribution in [0.2, 0.25) is 0 Å². The Labute approximate surface area is 157 Å². The molecule has 0 aliphatic rings. The van der Waals surface area contributed by atoms with E-state index in [9.17, 15) is 4.39 Å². The lowest BCUT2D eigenvalue weighted by Crippen LogP contribution is -1.96. The third-order valence-corrected chi connectivity index (χ3v) is 6.25. The van der Waals surface area contributed by atoms with Crippen LogP contribution >= 0.6 is 35.3 Å². The summed E-state index contributed by atoms with van der Waals surface area (Å²) in [5, 5.41) is 7.08. The van der Waals surface area contributed by atoms with Crippen molar-refractivity contribution in [2.24, 2.45) is 0 Å². The van der Waals surface area contributed by atoms with Gasteiger partial charge in [0.05, 0.1) is 5.69 Å². The lowest BCUT2D eigenvalue weighted by Gasteiger charge is -2.05. The van der Waals surface area contributed by atoms with Crippen molar-refractivity contribution in [2.75, 3.05) is 0 Å². The van der Waals surface area contributed by atoms with Gasteiger partial charge in [0, 0.05) is 5.75 Å². The number of halogens is 1. The standard InChI is InChI=1S/C19H13FN2S3/c20-15-8-10-16(11-9-15)22-19(23)25-18(21-22)24-12-14-6-3-5-13-4-1-2-7-17(13)14/h1-11H,12H2. The smallest absolute Gasteiger partial charge is 0.184 e. The highest BCUT2D eigenvalue weighted by molar-refractivity contribution is 8.00. The van der Waals surface area contributed by atoms with Gasteiger partial charge in [-0.1, -0.05) is 65.6 Å². The highest BCUT2D eigenvalue weighted by Crippen LogP contribution is 2.30. The van der Waals surface area contributed by atoms with Gasteiger partial charge in [0.1, 0.15) is 5.82 Å². The van der Waals surface area contributed by atoms with Crippen LogP contribution in [0.15, 0.2) is 71.1 Å². The Morgan fingerprint density at radius 2 is 1.76 bits per heavy atom. The minimum absolute atomic E-state index is 0.268. The molecule has 4 aromatic rings. The third kappa shape index (κ3) is 3.51. The van der Waals surface area contributed by atoms with Crippen LogP contribution in [0.4, 0.5) is 4.39 Å². The van der Waals surface area contributed by atoms with Gasteiger partial charge in [-0.15, -0.1) is 5.10 Å². The number of benzene rings is 3. The molecule has 0 fully saturated rings. The Morgan fingerprint density at radius 1 is 1.00 bits per heavy atom. The quantitative estimate of drug-likeness (QED) is 0.306. The van der Waals surface area contributed by atoms with Gasteiger partial charge >= 0.3 is 0 Å². The Hall–Kier alpha value is -2.02. The van der Waals surface area contributed by atoms with Crippen molar-refractivity contribution in [1.29, 1.82) is 0 Å². The number of fused-ring (bicyclic) bond motifs is 1. The van der Waals surface area contributed by atoms with Gasteiger partial charge in [-0.3, -0.25) is 0 Å². The minimum atomic E-state index is -0.268. The SMILES string of the molecule is Fc1ccc(-n2nc(SCc3cccc4ccccc34)sc2=S)cc1. The largest absolute Gasteiger partial charge is 0.211 e. The van der Waals surface area contributed by atoms with Gasteiger partial charge in [-0.05, 0) is 52.8 Å². The zero-order valence-electron chi connectivity index (χ0n) is 13.1. The molecule has 0 amide bonds. The summed E-state index contributed by atoms with van der Waals surface area (Å²) < 4.78 is 16.3. The van der Waals surface area contributed by atoms with Gasteiger partial charge in [0.15, 0.2) is 8.29 Å². The molecule has 3 aromatic carbocycles. The molecule has 0 spiro atoms. The Bertz CT molecular complexity index is 1080. The summed E-state index contributed by atoms with van der Waals surface area (Å²) in [7, 11) is 0. The molecule has 0 aliphatic carbocycles. The van der Waals surface area contributed by atoms with Crippen molar-refractivity contribution in [2.45, 2.75) is 10.1 Å². The molecule has 1 aromatic heterocycles. The van der Waals surface area contributed by atoms with Crippen molar-refractivity contribution in [3.8, 4) is 5.69 Å². The number of thioether (sulfide) groups is 1. The first-order chi connectivity index (χ1) is 12.2. The van der Waals surface area contributed by atoms with Crippen LogP contribution in [0.3, 0.4) is 0 Å². The van der Waals surface area contributed by atoms with Crippen molar-refractivity contribution < 1.29 is 4.39 Å². The molecule has 0 aliphatic heterocycles. The minimum Gasteiger partial charge on any atom is -0.211 e. The zero-order valence-corrected chi connectivity index (χ0v) is 15.5. The van der Waals surface area contributed by atoms with Crippen molar-refractivity contribution >= 4 is 46.1 Å². The zero-order chi connectivity index (χ0) is 17.2. The topological polar surface area (TPSA) is 17.8 Å². The fourth-order valence-corrected chi connectivity index (χ4v) is 4.99. The molecule has 0 bridgehead atoms. The molecule has 0 saturated carbocycles. The fourth-order valence-electron chi connectivity index (χ4n) is 2.62. The summed E-state index contributed by atoms with van der Waals surface area (Å²) in [5.41, 5.74) is 2.05. The highest BCUT2D eigenvalue weighted by Gasteiger charge is 2.08. The van der Waals surface area contributed by atoms with Crippen molar-refractivity contribution in [3.05, 3.63) is 82.1 Å². The molecular weight excluding hydrogens is 371 g/mol. The monoisotopic (exact) mass is 384 g/mol. The molecule has 6 heteroatoms. The van der Waals surface area contributed by atoms with Crippen molar-refractivity contribution in [1.82, 2.24) is 9.78 Å². The number of nitrogens with zero attached hydrogens (tertiary/aromatic N) is 2. The molecule has 4 rings (SSSR count). The average molecular weight is 385 g/mol. The van der Waals surface area contributed by atoms with Crippen molar-refractivity contribution in [3.63, 3.8) is 0 Å². The van der Waals surface area contributed by atoms with Crippen LogP contribution in [0, 0.1) is 9.77 Å². The highest BCUT2D eigenvalue weighted by atomic mass is 32.2. The number of hydrogen-bond acceptors (Lipinski definition) is 4. The van der Waals surface area contributed by atoms with Crippen LogP contribution in [0.1, 0.15) is 5.56 Å². The molecule has 0 unspecified atom stereocenters. The van der Waals surface area contributed by atoms with E-state index in [1.54, 1.807) is 28.6 Å². The van der Waals surface area contributed by atoms with E-state index in [0.29, 0.717) is 3.95 Å². The van der Waals surface area contributed by atoms with E-state index in [1.807, 2.05) is 0 Å². The fraction of sp³-hybridized carbons (Fsp3) is 0.0526. The predicted molar refractivity (Wildman–Crippen MR) is 106 cm³/mol. The average Bonchev–Trinajstić information content (AvgIpc) is 3.01. The second-order valence-electron chi connectivity index (χ2n) is 5.45. The van der Waals surface area contributed by atoms with E-state index >= 15 is 0 Å². The van der Waals surface area contributed by atoms with Gasteiger partial charge in [-0.25, -0.2) is 9.07 Å². The van der Waals surface area contributed by atoms with Gasteiger partial charge in [0.25, 0.3) is 0 Å². The summed E-state index contributed by atoms with van der Waals surface area (Å²) in [4.78, 5) is 0. The summed E-state index contributed by atoms with van der Waals surface area (Å²) in [5.74, 6) is 0.559. The van der Waals surface area contributed by atoms with Crippen LogP contribution in [0.5, 0.6) is 0 Å².